The van der Waals surface area contributed by atoms with Gasteiger partial charge in [-0.1, -0.05) is 18.2 Å². The maximum atomic E-state index is 13.7. The van der Waals surface area contributed by atoms with E-state index in [1.807, 2.05) is 19.2 Å². The number of nitriles is 1. The van der Waals surface area contributed by atoms with E-state index in [-0.39, 0.29) is 37.2 Å². The lowest BCUT2D eigenvalue weighted by atomic mass is 9.68. The lowest BCUT2D eigenvalue weighted by molar-refractivity contribution is -0.155. The molecule has 3 heterocycles. The minimum absolute atomic E-state index is 0.0157. The van der Waals surface area contributed by atoms with Crippen LogP contribution in [0.1, 0.15) is 37.6 Å². The second-order valence-corrected chi connectivity index (χ2v) is 12.7. The van der Waals surface area contributed by atoms with Gasteiger partial charge in [-0.15, -0.1) is 0 Å². The quantitative estimate of drug-likeness (QED) is 0.373. The number of anilines is 1. The molecule has 3 aromatic rings. The fourth-order valence-electron chi connectivity index (χ4n) is 6.18. The molecule has 12 heteroatoms. The van der Waals surface area contributed by atoms with Gasteiger partial charge in [0.1, 0.15) is 22.8 Å². The Balaban J connectivity index is 1.31. The number of alkyl carbamates (subject to hydrolysis) is 1. The Hall–Kier alpha value is -4.60. The molecule has 2 fully saturated rings. The number of aromatic nitrogens is 1. The van der Waals surface area contributed by atoms with E-state index in [1.165, 1.54) is 0 Å². The molecule has 2 aliphatic rings. The molecule has 236 valence electrons. The smallest absolute Gasteiger partial charge is 0.407 e. The van der Waals surface area contributed by atoms with Crippen LogP contribution >= 0.6 is 0 Å². The van der Waals surface area contributed by atoms with E-state index in [9.17, 15) is 28.7 Å². The second kappa shape index (κ2) is 12.4. The third-order valence-corrected chi connectivity index (χ3v) is 8.12. The number of carbonyl (C=O) groups excluding carboxylic acids is 2. The van der Waals surface area contributed by atoms with Gasteiger partial charge in [0, 0.05) is 73.6 Å². The molecule has 3 N–H and O–H groups in total. The average molecular weight is 619 g/mol. The van der Waals surface area contributed by atoms with Crippen molar-refractivity contribution in [2.45, 2.75) is 38.5 Å². The molecule has 10 nitrogen and oxygen atoms in total. The molecule has 2 aromatic carbocycles. The molecule has 0 spiro atoms. The summed E-state index contributed by atoms with van der Waals surface area (Å²) in [6.45, 7) is 6.96. The fraction of sp³-hybridized carbons (Fsp3) is 0.394. The van der Waals surface area contributed by atoms with Crippen LogP contribution in [0.3, 0.4) is 0 Å². The Morgan fingerprint density at radius 1 is 1.07 bits per heavy atom. The first kappa shape index (κ1) is 31.8. The Bertz CT molecular complexity index is 1600. The molecule has 0 radical (unpaired) electrons. The summed E-state index contributed by atoms with van der Waals surface area (Å²) in [6.07, 6.45) is 1.08. The van der Waals surface area contributed by atoms with Gasteiger partial charge in [0.25, 0.3) is 0 Å². The monoisotopic (exact) mass is 618 g/mol. The summed E-state index contributed by atoms with van der Waals surface area (Å²) in [4.78, 5) is 33.4. The van der Waals surface area contributed by atoms with Gasteiger partial charge in [-0.2, -0.15) is 5.26 Å². The zero-order valence-electron chi connectivity index (χ0n) is 25.6. The van der Waals surface area contributed by atoms with Crippen molar-refractivity contribution in [3.8, 4) is 17.2 Å². The van der Waals surface area contributed by atoms with E-state index in [1.54, 1.807) is 50.1 Å². The number of pyridine rings is 1. The number of aliphatic hydroxyl groups is 1. The van der Waals surface area contributed by atoms with E-state index >= 15 is 0 Å². The molecule has 1 aromatic heterocycles. The Labute approximate surface area is 260 Å². The molecule has 2 saturated heterocycles. The second-order valence-electron chi connectivity index (χ2n) is 12.7. The van der Waals surface area contributed by atoms with E-state index in [0.29, 0.717) is 35.5 Å². The minimum atomic E-state index is -1.32. The highest BCUT2D eigenvalue weighted by Crippen LogP contribution is 2.44. The van der Waals surface area contributed by atoms with Crippen molar-refractivity contribution in [1.29, 1.82) is 5.26 Å². The minimum Gasteiger partial charge on any atom is -0.444 e. The van der Waals surface area contributed by atoms with Crippen molar-refractivity contribution in [1.82, 2.24) is 20.1 Å². The predicted octanol–water partition coefficient (Wildman–Crippen LogP) is 4.84. The molecule has 2 atom stereocenters. The highest BCUT2D eigenvalue weighted by atomic mass is 19.1. The van der Waals surface area contributed by atoms with Crippen molar-refractivity contribution >= 4 is 17.8 Å². The number of rotatable bonds is 5. The Morgan fingerprint density at radius 2 is 1.73 bits per heavy atom. The van der Waals surface area contributed by atoms with E-state index in [0.717, 1.165) is 23.8 Å². The molecule has 3 amide bonds. The fourth-order valence-corrected chi connectivity index (χ4v) is 6.18. The van der Waals surface area contributed by atoms with Crippen molar-refractivity contribution in [3.63, 3.8) is 0 Å². The number of amides is 3. The molecule has 2 bridgehead atoms. The number of likely N-dealkylation sites (tertiary alicyclic amines) is 2. The van der Waals surface area contributed by atoms with Crippen LogP contribution in [0.15, 0.2) is 54.7 Å². The lowest BCUT2D eigenvalue weighted by Crippen LogP contribution is -2.66. The molecule has 5 rings (SSSR count). The number of urea groups is 1. The highest BCUT2D eigenvalue weighted by Gasteiger charge is 2.54. The van der Waals surface area contributed by atoms with E-state index < -0.39 is 35.0 Å². The van der Waals surface area contributed by atoms with Gasteiger partial charge in [-0.25, -0.2) is 18.4 Å². The molecule has 0 saturated carbocycles. The number of piperidine rings is 2. The summed E-state index contributed by atoms with van der Waals surface area (Å²) in [6, 6.07) is 13.4. The molecule has 2 unspecified atom stereocenters. The SMILES string of the molecule is CN1CC2CN(C(=O)Nc3cc(F)cc(F)c3)CC(C1)C2(O)c1ccc(-c2ccc(CNC(=O)OC(C)(C)C)cc2C#N)cn1. The van der Waals surface area contributed by atoms with Crippen molar-refractivity contribution in [2.75, 3.05) is 38.5 Å². The maximum absolute atomic E-state index is 13.7. The summed E-state index contributed by atoms with van der Waals surface area (Å²) in [5, 5.41) is 27.2. The zero-order chi connectivity index (χ0) is 32.5. The van der Waals surface area contributed by atoms with Gasteiger partial charge in [0.15, 0.2) is 0 Å². The molecular weight excluding hydrogens is 582 g/mol. The van der Waals surface area contributed by atoms with Crippen LogP contribution in [0.4, 0.5) is 24.1 Å². The standard InChI is InChI=1S/C33H36F2N6O4/c1-32(2,3)45-31(43)38-14-20-5-7-28(22(9-20)13-36)21-6-8-29(37-15-21)33(44)23-16-40(4)17-24(33)19-41(18-23)30(42)39-27-11-25(34)10-26(35)12-27/h5-12,15,23-24,44H,14,16-19H2,1-4H3,(H,38,43)(H,39,42). The van der Waals surface area contributed by atoms with Crippen molar-refractivity contribution in [3.05, 3.63) is 83.2 Å². The largest absolute Gasteiger partial charge is 0.444 e. The Morgan fingerprint density at radius 3 is 2.31 bits per heavy atom. The Kier molecular flexibility index (Phi) is 8.78. The van der Waals surface area contributed by atoms with Crippen LogP contribution in [0, 0.1) is 34.8 Å². The summed E-state index contributed by atoms with van der Waals surface area (Å²) in [7, 11) is 1.96. The third-order valence-electron chi connectivity index (χ3n) is 8.12. The van der Waals surface area contributed by atoms with Crippen molar-refractivity contribution in [2.24, 2.45) is 11.8 Å². The summed E-state index contributed by atoms with van der Waals surface area (Å²) in [5.74, 6) is -2.34. The molecule has 0 aliphatic carbocycles. The number of carbonyl (C=O) groups is 2. The predicted molar refractivity (Wildman–Crippen MR) is 163 cm³/mol. The zero-order valence-corrected chi connectivity index (χ0v) is 25.6. The lowest BCUT2D eigenvalue weighted by Gasteiger charge is -2.54. The van der Waals surface area contributed by atoms with Crippen LogP contribution in [0.25, 0.3) is 11.1 Å². The van der Waals surface area contributed by atoms with E-state index in [4.69, 9.17) is 4.74 Å². The number of nitrogens with one attached hydrogen (secondary N) is 2. The van der Waals surface area contributed by atoms with Crippen molar-refractivity contribution < 1.29 is 28.2 Å². The molecular formula is C33H36F2N6O4. The van der Waals surface area contributed by atoms with Gasteiger partial charge in [-0.3, -0.25) is 4.98 Å². The number of benzene rings is 2. The van der Waals surface area contributed by atoms with Gasteiger partial charge in [-0.05, 0) is 57.6 Å². The van der Waals surface area contributed by atoms with E-state index in [2.05, 4.69) is 26.6 Å². The first-order valence-corrected chi connectivity index (χ1v) is 14.6. The van der Waals surface area contributed by atoms with Gasteiger partial charge in [0.05, 0.1) is 17.3 Å². The normalized spacial score (nSPS) is 21.5. The number of ether oxygens (including phenoxy) is 1. The average Bonchev–Trinajstić information content (AvgIpc) is 2.95. The topological polar surface area (TPSA) is 131 Å². The third kappa shape index (κ3) is 7.05. The summed E-state index contributed by atoms with van der Waals surface area (Å²) < 4.78 is 32.6. The number of fused-ring (bicyclic) bond motifs is 2. The van der Waals surface area contributed by atoms with Crippen LogP contribution < -0.4 is 10.6 Å². The number of nitrogens with zero attached hydrogens (tertiary/aromatic N) is 4. The van der Waals surface area contributed by atoms with Gasteiger partial charge >= 0.3 is 12.1 Å². The van der Waals surface area contributed by atoms with Crippen LogP contribution in [0.2, 0.25) is 0 Å². The van der Waals surface area contributed by atoms with Crippen LogP contribution in [0.5, 0.6) is 0 Å². The summed E-state index contributed by atoms with van der Waals surface area (Å²) >= 11 is 0. The maximum Gasteiger partial charge on any atom is 0.407 e. The van der Waals surface area contributed by atoms with Crippen LogP contribution in [-0.4, -0.2) is 70.8 Å². The molecule has 45 heavy (non-hydrogen) atoms. The van der Waals surface area contributed by atoms with Gasteiger partial charge < -0.3 is 30.3 Å². The summed E-state index contributed by atoms with van der Waals surface area (Å²) in [5.41, 5.74) is 1.03. The van der Waals surface area contributed by atoms with Gasteiger partial charge in [0.2, 0.25) is 0 Å². The highest BCUT2D eigenvalue weighted by molar-refractivity contribution is 5.89. The van der Waals surface area contributed by atoms with Crippen LogP contribution in [-0.2, 0) is 16.9 Å². The first-order chi connectivity index (χ1) is 21.2. The number of hydrogen-bond donors (Lipinski definition) is 3. The molecule has 2 aliphatic heterocycles. The first-order valence-electron chi connectivity index (χ1n) is 14.6. The number of hydrogen-bond acceptors (Lipinski definition) is 7. The number of halogens is 2.